The van der Waals surface area contributed by atoms with Crippen LogP contribution in [0.25, 0.3) is 194 Å². The maximum Gasteiger partial charge on any atom is 0.169 e. The summed E-state index contributed by atoms with van der Waals surface area (Å²) in [6.45, 7) is 32.4. The van der Waals surface area contributed by atoms with E-state index in [0.29, 0.717) is 79.3 Å². The minimum Gasteiger partial charge on any atom is -0.489 e. The molecule has 0 radical (unpaired) electrons. The van der Waals surface area contributed by atoms with Gasteiger partial charge in [0, 0.05) is 129 Å². The molecule has 25 rings (SSSR count). The first-order valence-electron chi connectivity index (χ1n) is 54.4. The van der Waals surface area contributed by atoms with E-state index in [1.165, 1.54) is 0 Å². The molecule has 1 aliphatic carbocycles. The van der Waals surface area contributed by atoms with Gasteiger partial charge in [0.2, 0.25) is 0 Å². The molecule has 0 atom stereocenters. The molecule has 0 saturated heterocycles. The second-order valence-corrected chi connectivity index (χ2v) is 41.3. The monoisotopic (exact) mass is 2060 g/mol. The van der Waals surface area contributed by atoms with Crippen molar-refractivity contribution in [2.75, 3.05) is 90.0 Å². The summed E-state index contributed by atoms with van der Waals surface area (Å²) in [5, 5.41) is 52.5. The summed E-state index contributed by atoms with van der Waals surface area (Å²) in [6.07, 6.45) is 9.83. The van der Waals surface area contributed by atoms with Gasteiger partial charge in [-0.15, -0.1) is 46.4 Å². The van der Waals surface area contributed by atoms with E-state index in [4.69, 9.17) is 103 Å². The lowest BCUT2D eigenvalue weighted by Gasteiger charge is -2.22. The number of alkyl halides is 4. The highest BCUT2D eigenvalue weighted by Crippen LogP contribution is 2.58. The summed E-state index contributed by atoms with van der Waals surface area (Å²) in [4.78, 5) is 0. The zero-order valence-corrected chi connectivity index (χ0v) is 90.6. The highest BCUT2D eigenvalue weighted by molar-refractivity contribution is 6.41. The van der Waals surface area contributed by atoms with E-state index in [1.807, 2.05) is 0 Å². The van der Waals surface area contributed by atoms with Crippen LogP contribution >= 0.6 is 46.4 Å². The van der Waals surface area contributed by atoms with Crippen molar-refractivity contribution in [1.82, 2.24) is 0 Å². The number of rotatable bonds is 36. The molecule has 0 heterocycles. The van der Waals surface area contributed by atoms with Crippen molar-refractivity contribution in [3.63, 3.8) is 0 Å². The Labute approximate surface area is 890 Å². The van der Waals surface area contributed by atoms with E-state index < -0.39 is 0 Å². The lowest BCUT2D eigenvalue weighted by molar-refractivity contribution is 0.274. The summed E-state index contributed by atoms with van der Waals surface area (Å²) < 4.78 is 85.8. The molecule has 1 aliphatic rings. The van der Waals surface area contributed by atoms with Crippen molar-refractivity contribution >= 4 is 240 Å². The molecule has 0 fully saturated rings. The Morgan fingerprint density at radius 1 is 0.113 bits per heavy atom. The van der Waals surface area contributed by atoms with Gasteiger partial charge in [-0.2, -0.15) is 0 Å². The molecule has 24 aromatic carbocycles. The standard InChI is InChI=1S/C132H120O12.2CH2Cl2/c1-13-61-133-121-97-49-25-73-75-27-51-99-111-87(75)39-40-89-77(29-53-101(113(89)111)125(137-65-17-5)123(99)135-63-15-3)78-31-55-103-115-91(78)43-44-93-81(33-57-105(117(93)115)129(141-69-21-9)127(103)139-67-19-7)82-35-59-107-119-95(82)47-48-96-84(36-60-108(120(96)119)132(144-72-24-12)131(107)143-71-23-11)83-34-58-106-118-94(83)46-45-92-80(32-56-104(116(92)118)128(140-68-20-8)130(106)142-70-22-10)79-30-54-102-114-90(79)42-41-88-76(28-52-100(112(88)114)124(136-64-16-4)126(102)138-66-18-6)74-26-50-98(122(121)134-62-14-2)110-86(74)38-37-85(73)109(97)110;2*2-1-3/h25-60H,13-24,61-72H2,1-12H3;2*1H2. The van der Waals surface area contributed by atoms with Crippen molar-refractivity contribution in [2.24, 2.45) is 0 Å². The number of ether oxygens (including phenoxy) is 12. The Bertz CT molecular complexity index is 8030. The van der Waals surface area contributed by atoms with E-state index >= 15 is 0 Å². The van der Waals surface area contributed by atoms with Crippen LogP contribution in [-0.4, -0.2) is 90.0 Å². The van der Waals surface area contributed by atoms with Gasteiger partial charge in [-0.25, -0.2) is 0 Å². The molecule has 16 heteroatoms. The van der Waals surface area contributed by atoms with Gasteiger partial charge in [0.1, 0.15) is 0 Å². The molecule has 0 aliphatic heterocycles. The van der Waals surface area contributed by atoms with Crippen LogP contribution in [0.2, 0.25) is 0 Å². The van der Waals surface area contributed by atoms with Crippen LogP contribution in [0.15, 0.2) is 218 Å². The Morgan fingerprint density at radius 2 is 0.180 bits per heavy atom. The fourth-order valence-electron chi connectivity index (χ4n) is 24.5. The smallest absolute Gasteiger partial charge is 0.169 e. The predicted octanol–water partition coefficient (Wildman–Crippen LogP) is 37.4. The first-order valence-corrected chi connectivity index (χ1v) is 56.5. The summed E-state index contributed by atoms with van der Waals surface area (Å²) in [6, 6.07) is 84.7. The van der Waals surface area contributed by atoms with Crippen LogP contribution in [0.4, 0.5) is 0 Å². The highest BCUT2D eigenvalue weighted by Gasteiger charge is 2.32. The van der Waals surface area contributed by atoms with Gasteiger partial charge in [-0.05, 0) is 277 Å². The van der Waals surface area contributed by atoms with Crippen LogP contribution in [0.3, 0.4) is 0 Å². The molecule has 36 bridgehead atoms. The predicted molar refractivity (Wildman–Crippen MR) is 629 cm³/mol. The fourth-order valence-corrected chi connectivity index (χ4v) is 24.5. The molecular weight excluding hydrogens is 1940 g/mol. The van der Waals surface area contributed by atoms with Gasteiger partial charge < -0.3 is 56.8 Å². The van der Waals surface area contributed by atoms with E-state index in [1.54, 1.807) is 0 Å². The van der Waals surface area contributed by atoms with Gasteiger partial charge in [0.15, 0.2) is 69.0 Å². The van der Waals surface area contributed by atoms with Crippen LogP contribution < -0.4 is 56.8 Å². The number of hydrogen-bond acceptors (Lipinski definition) is 12. The van der Waals surface area contributed by atoms with Crippen LogP contribution in [0, 0.1) is 62.6 Å². The molecule has 0 unspecified atom stereocenters. The van der Waals surface area contributed by atoms with E-state index in [0.717, 1.165) is 403 Å². The highest BCUT2D eigenvalue weighted by atomic mass is 35.5. The van der Waals surface area contributed by atoms with Crippen molar-refractivity contribution in [3.05, 3.63) is 281 Å². The zero-order chi connectivity index (χ0) is 103. The third-order valence-electron chi connectivity index (χ3n) is 30.3. The quantitative estimate of drug-likeness (QED) is 0.0275. The van der Waals surface area contributed by atoms with Crippen LogP contribution in [0.5, 0.6) is 69.0 Å². The van der Waals surface area contributed by atoms with Crippen molar-refractivity contribution in [1.29, 1.82) is 0 Å². The Morgan fingerprint density at radius 3 is 0.247 bits per heavy atom. The number of benzene rings is 24. The maximum absolute atomic E-state index is 7.15. The van der Waals surface area contributed by atoms with Gasteiger partial charge in [0.25, 0.3) is 0 Å². The minimum atomic E-state index is 0.194. The first kappa shape index (κ1) is 99.6. The average molecular weight is 2070 g/mol. The summed E-state index contributed by atoms with van der Waals surface area (Å²) in [5.74, 6) is 9.18. The largest absolute Gasteiger partial charge is 0.489 e. The van der Waals surface area contributed by atoms with E-state index in [-0.39, 0.29) is 10.7 Å². The molecule has 0 spiro atoms. The second kappa shape index (κ2) is 42.2. The Kier molecular flexibility index (Phi) is 28.0. The third-order valence-corrected chi connectivity index (χ3v) is 30.3. The van der Waals surface area contributed by atoms with Gasteiger partial charge in [-0.3, -0.25) is 0 Å². The Hall–Kier alpha value is -13.7. The molecule has 0 N–H and O–H groups in total. The van der Waals surface area contributed by atoms with E-state index in [9.17, 15) is 0 Å². The van der Waals surface area contributed by atoms with Crippen molar-refractivity contribution < 1.29 is 56.8 Å². The molecule has 0 saturated carbocycles. The van der Waals surface area contributed by atoms with Crippen molar-refractivity contribution in [2.45, 2.75) is 160 Å². The van der Waals surface area contributed by atoms with Crippen LogP contribution in [0.1, 0.15) is 160 Å². The third kappa shape index (κ3) is 15.8. The topological polar surface area (TPSA) is 111 Å². The Balaban J connectivity index is 0.00000201. The molecule has 150 heavy (non-hydrogen) atoms. The van der Waals surface area contributed by atoms with Gasteiger partial charge in [0.05, 0.1) is 90.0 Å². The zero-order valence-electron chi connectivity index (χ0n) is 87.6. The fraction of sp³-hybridized carbons (Fsp3) is 0.284. The summed E-state index contributed by atoms with van der Waals surface area (Å²) >= 11 is 19.1. The molecule has 0 aromatic heterocycles. The summed E-state index contributed by atoms with van der Waals surface area (Å²) in [7, 11) is 0. The van der Waals surface area contributed by atoms with Crippen LogP contribution in [-0.2, 0) is 0 Å². The molecule has 760 valence electrons. The van der Waals surface area contributed by atoms with Crippen molar-refractivity contribution in [3.8, 4) is 69.0 Å². The minimum absolute atomic E-state index is 0.194. The average Bonchev–Trinajstić information content (AvgIpc) is 0.688. The molecule has 24 aromatic rings. The molecule has 0 amide bonds. The normalized spacial score (nSPS) is 12.2. The molecule has 12 nitrogen and oxygen atoms in total. The number of halogens is 4. The van der Waals surface area contributed by atoms with Gasteiger partial charge in [-0.1, -0.05) is 229 Å². The lowest BCUT2D eigenvalue weighted by atomic mass is 9.86. The SMILES string of the molecule is CCCOc1c(OCCC)c2ccc3c4ccc5c(ccc1c5c24)=c1ccc2c(OCCC)c(OCCC)c4ccc(c5ccc1c2c45)=c1ccc2c(OCCC)c(OCCC)c4ccc(c5ccc1c2c45)=c1ccc2c(OCCC)c(OCCC)c4ccc(c5ccc1c2c45)=c1ccc2c(OCCC)c(OCCC)c4ccc(c5ccc1c2c45)=c1ccc2c(OCCC)c(OCCC)c4ccc=3c3ccc1c2c43.ClCCl.ClCCl. The maximum atomic E-state index is 7.15. The van der Waals surface area contributed by atoms with E-state index in [2.05, 4.69) is 301 Å². The first-order chi connectivity index (χ1) is 73.9. The molecular formula is C134H124Cl4O12. The second-order valence-electron chi connectivity index (χ2n) is 39.7. The lowest BCUT2D eigenvalue weighted by Crippen LogP contribution is -2.04. The number of hydrogen-bond donors (Lipinski definition) is 0. The van der Waals surface area contributed by atoms with Gasteiger partial charge >= 0.3 is 0 Å². The summed E-state index contributed by atoms with van der Waals surface area (Å²) in [5.41, 5.74) is 0.